The Morgan fingerprint density at radius 2 is 2.07 bits per heavy atom. The van der Waals surface area contributed by atoms with E-state index in [0.717, 1.165) is 23.4 Å². The largest absolute Gasteiger partial charge is 0.361 e. The molecule has 2 aromatic rings. The maximum Gasteiger partial charge on any atom is 0.354 e. The van der Waals surface area contributed by atoms with Gasteiger partial charge in [0.25, 0.3) is 5.56 Å². The normalized spacial score (nSPS) is 20.0. The molecular formula is C17H21FN6O3. The van der Waals surface area contributed by atoms with Gasteiger partial charge in [0.05, 0.1) is 37.1 Å². The van der Waals surface area contributed by atoms with Crippen molar-refractivity contribution < 1.29 is 9.23 Å². The average Bonchev–Trinajstić information content (AvgIpc) is 3.39. The molecule has 2 aromatic heterocycles. The van der Waals surface area contributed by atoms with Crippen molar-refractivity contribution in [2.45, 2.75) is 31.7 Å². The third-order valence-corrected chi connectivity index (χ3v) is 5.28. The van der Waals surface area contributed by atoms with Crippen molar-refractivity contribution in [3.8, 4) is 0 Å². The van der Waals surface area contributed by atoms with Crippen molar-refractivity contribution >= 4 is 16.9 Å². The zero-order chi connectivity index (χ0) is 19.5. The van der Waals surface area contributed by atoms with Crippen LogP contribution in [0.1, 0.15) is 29.9 Å². The molecule has 0 spiro atoms. The number of nitrogens with two attached hydrogens (primary N) is 1. The first-order valence-electron chi connectivity index (χ1n) is 8.71. The number of pyridine rings is 1. The number of hydrogen-bond donors (Lipinski definition) is 3. The summed E-state index contributed by atoms with van der Waals surface area (Å²) in [6.07, 6.45) is 2.75. The molecule has 27 heavy (non-hydrogen) atoms. The summed E-state index contributed by atoms with van der Waals surface area (Å²) in [6.45, 7) is 2.27. The molecule has 1 atom stereocenters. The number of rotatable bonds is 4. The van der Waals surface area contributed by atoms with E-state index in [1.54, 1.807) is 11.8 Å². The first kappa shape index (κ1) is 17.7. The van der Waals surface area contributed by atoms with E-state index in [-0.39, 0.29) is 24.2 Å². The Morgan fingerprint density at radius 3 is 2.70 bits per heavy atom. The van der Waals surface area contributed by atoms with Crippen molar-refractivity contribution in [2.24, 2.45) is 0 Å². The monoisotopic (exact) mass is 376 g/mol. The van der Waals surface area contributed by atoms with Gasteiger partial charge >= 0.3 is 5.69 Å². The second-order valence-corrected chi connectivity index (χ2v) is 7.10. The first-order valence-corrected chi connectivity index (χ1v) is 8.71. The zero-order valence-electron chi connectivity index (χ0n) is 15.1. The second-order valence-electron chi connectivity index (χ2n) is 7.10. The molecule has 1 aliphatic carbocycles. The molecule has 0 bridgehead atoms. The number of nitrogen functional groups attached to an aromatic ring is 1. The van der Waals surface area contributed by atoms with Gasteiger partial charge in [-0.3, -0.25) is 9.20 Å². The number of nitrogens with one attached hydrogen (secondary N) is 2. The lowest BCUT2D eigenvalue weighted by Crippen LogP contribution is -2.44. The summed E-state index contributed by atoms with van der Waals surface area (Å²) in [5.41, 5.74) is 3.44. The van der Waals surface area contributed by atoms with E-state index in [2.05, 4.69) is 5.48 Å². The van der Waals surface area contributed by atoms with Crippen LogP contribution < -0.4 is 27.5 Å². The Hall–Kier alpha value is -2.72. The Kier molecular flexibility index (Phi) is 4.04. The number of aryl methyl sites for hydroxylation is 1. The molecule has 1 aliphatic heterocycles. The summed E-state index contributed by atoms with van der Waals surface area (Å²) in [7, 11) is 1.46. The smallest absolute Gasteiger partial charge is 0.354 e. The minimum Gasteiger partial charge on any atom is -0.361 e. The van der Waals surface area contributed by atoms with Gasteiger partial charge in [-0.25, -0.2) is 9.18 Å². The van der Waals surface area contributed by atoms with E-state index < -0.39 is 17.1 Å². The predicted octanol–water partition coefficient (Wildman–Crippen LogP) is -0.141. The Labute approximate surface area is 153 Å². The summed E-state index contributed by atoms with van der Waals surface area (Å²) in [5.74, 6) is 5.06. The van der Waals surface area contributed by atoms with Crippen molar-refractivity contribution in [1.29, 1.82) is 5.41 Å². The van der Waals surface area contributed by atoms with Gasteiger partial charge in [-0.2, -0.15) is 10.2 Å². The predicted molar refractivity (Wildman–Crippen MR) is 98.6 cm³/mol. The lowest BCUT2D eigenvalue weighted by Gasteiger charge is -2.23. The number of anilines is 1. The summed E-state index contributed by atoms with van der Waals surface area (Å²) >= 11 is 0. The van der Waals surface area contributed by atoms with Crippen LogP contribution in [0.2, 0.25) is 0 Å². The molecule has 3 heterocycles. The molecule has 10 heteroatoms. The lowest BCUT2D eigenvalue weighted by atomic mass is 10.1. The fourth-order valence-corrected chi connectivity index (χ4v) is 3.89. The number of halogens is 1. The van der Waals surface area contributed by atoms with E-state index in [1.807, 2.05) is 0 Å². The van der Waals surface area contributed by atoms with Gasteiger partial charge in [-0.05, 0) is 25.7 Å². The number of nitrogens with zero attached hydrogens (tertiary/aromatic N) is 3. The highest BCUT2D eigenvalue weighted by atomic mass is 19.1. The molecule has 0 radical (unpaired) electrons. The van der Waals surface area contributed by atoms with Crippen LogP contribution in [0.3, 0.4) is 0 Å². The summed E-state index contributed by atoms with van der Waals surface area (Å²) in [6, 6.07) is -0.354. The van der Waals surface area contributed by atoms with Crippen LogP contribution in [0.4, 0.5) is 10.1 Å². The third-order valence-electron chi connectivity index (χ3n) is 5.28. The highest BCUT2D eigenvalue weighted by molar-refractivity contribution is 5.95. The maximum atomic E-state index is 15.0. The van der Waals surface area contributed by atoms with Crippen LogP contribution in [0.15, 0.2) is 15.8 Å². The first-order chi connectivity index (χ1) is 12.8. The fraction of sp³-hybridized carbons (Fsp3) is 0.471. The van der Waals surface area contributed by atoms with E-state index in [4.69, 9.17) is 16.1 Å². The quantitative estimate of drug-likeness (QED) is 0.505. The van der Waals surface area contributed by atoms with E-state index in [0.29, 0.717) is 33.6 Å². The zero-order valence-corrected chi connectivity index (χ0v) is 15.1. The van der Waals surface area contributed by atoms with Crippen LogP contribution in [-0.4, -0.2) is 41.0 Å². The number of hydroxylamine groups is 1. The highest BCUT2D eigenvalue weighted by Gasteiger charge is 2.34. The van der Waals surface area contributed by atoms with Crippen molar-refractivity contribution in [3.05, 3.63) is 44.0 Å². The molecule has 4 rings (SSSR count). The van der Waals surface area contributed by atoms with Gasteiger partial charge < -0.3 is 21.0 Å². The standard InChI is InChI=1S/C17H21FN6O3/c1-8-14(22-6-11(19)12(7-22)21-27-2)10(18)5-23-15(8)13(9-3-4-9)16(25)24(20)17(23)26/h5,9,12,19,21H,3-4,6-7,20H2,1-2H3. The van der Waals surface area contributed by atoms with Crippen LogP contribution in [-0.2, 0) is 4.84 Å². The van der Waals surface area contributed by atoms with E-state index in [1.165, 1.54) is 7.11 Å². The van der Waals surface area contributed by atoms with Crippen molar-refractivity contribution in [3.63, 3.8) is 0 Å². The number of hydrogen-bond acceptors (Lipinski definition) is 7. The van der Waals surface area contributed by atoms with Gasteiger partial charge in [0.15, 0.2) is 5.82 Å². The van der Waals surface area contributed by atoms with Crippen molar-refractivity contribution in [1.82, 2.24) is 14.6 Å². The van der Waals surface area contributed by atoms with Crippen molar-refractivity contribution in [2.75, 3.05) is 30.9 Å². The Bertz CT molecular complexity index is 1070. The maximum absolute atomic E-state index is 15.0. The van der Waals surface area contributed by atoms with Gasteiger partial charge in [0.2, 0.25) is 0 Å². The minimum absolute atomic E-state index is 0.0275. The molecule has 2 fully saturated rings. The molecular weight excluding hydrogens is 355 g/mol. The summed E-state index contributed by atoms with van der Waals surface area (Å²) in [5, 5.41) is 8.08. The number of fused-ring (bicyclic) bond motifs is 1. The highest BCUT2D eigenvalue weighted by Crippen LogP contribution is 2.42. The molecule has 0 aromatic carbocycles. The van der Waals surface area contributed by atoms with Crippen LogP contribution in [0, 0.1) is 18.2 Å². The molecule has 144 valence electrons. The minimum atomic E-state index is -0.777. The van der Waals surface area contributed by atoms with E-state index in [9.17, 15) is 14.0 Å². The van der Waals surface area contributed by atoms with Crippen LogP contribution in [0.25, 0.3) is 5.52 Å². The Morgan fingerprint density at radius 1 is 1.37 bits per heavy atom. The fourth-order valence-electron chi connectivity index (χ4n) is 3.89. The topological polar surface area (TPSA) is 118 Å². The van der Waals surface area contributed by atoms with Gasteiger partial charge in [-0.1, -0.05) is 0 Å². The van der Waals surface area contributed by atoms with Gasteiger partial charge in [0.1, 0.15) is 0 Å². The molecule has 2 aliphatic rings. The second kappa shape index (κ2) is 6.17. The molecule has 1 unspecified atom stereocenters. The summed E-state index contributed by atoms with van der Waals surface area (Å²) < 4.78 is 16.6. The lowest BCUT2D eigenvalue weighted by molar-refractivity contribution is 0.0820. The average molecular weight is 376 g/mol. The molecule has 1 saturated carbocycles. The van der Waals surface area contributed by atoms with E-state index >= 15 is 0 Å². The SMILES string of the molecule is CONC1CN(c2c(F)cn3c(=O)n(N)c(=O)c(C4CC4)c3c2C)CC1=N. The van der Waals surface area contributed by atoms with Gasteiger partial charge in [-0.15, -0.1) is 0 Å². The van der Waals surface area contributed by atoms with Gasteiger partial charge in [0, 0.05) is 23.4 Å². The van der Waals surface area contributed by atoms with Crippen LogP contribution in [0.5, 0.6) is 0 Å². The molecule has 4 N–H and O–H groups in total. The van der Waals surface area contributed by atoms with Crippen LogP contribution >= 0.6 is 0 Å². The third kappa shape index (κ3) is 2.63. The molecule has 1 saturated heterocycles. The Balaban J connectivity index is 1.95. The molecule has 0 amide bonds. The summed E-state index contributed by atoms with van der Waals surface area (Å²) in [4.78, 5) is 31.7. The molecule has 9 nitrogen and oxygen atoms in total. The number of aromatic nitrogens is 2.